The Kier molecular flexibility index (Phi) is 27.9. The number of carbonyl (C=O) groups is 4. The maximum absolute atomic E-state index is 12.9. The molecule has 4 aromatic heterocycles. The molecule has 116 heavy (non-hydrogen) atoms. The summed E-state index contributed by atoms with van der Waals surface area (Å²) in [6.45, 7) is 9.65. The van der Waals surface area contributed by atoms with E-state index in [1.54, 1.807) is 0 Å². The first-order valence-corrected chi connectivity index (χ1v) is 44.6. The maximum atomic E-state index is 12.9. The molecule has 5 saturated carbocycles. The Hall–Kier alpha value is -9.72. The fourth-order valence-corrected chi connectivity index (χ4v) is 19.4. The molecule has 0 spiro atoms. The van der Waals surface area contributed by atoms with E-state index in [1.165, 1.54) is 190 Å². The number of nitrogens with zero attached hydrogens (tertiary/aromatic N) is 8. The third-order valence-electron chi connectivity index (χ3n) is 26.0. The lowest BCUT2D eigenvalue weighted by atomic mass is 9.85. The van der Waals surface area contributed by atoms with Crippen LogP contribution in [0.25, 0.3) is 45.0 Å². The number of aryl methyl sites for hydroxylation is 8. The summed E-state index contributed by atoms with van der Waals surface area (Å²) in [5, 5.41) is 12.3. The minimum atomic E-state index is -0.0897. The van der Waals surface area contributed by atoms with Gasteiger partial charge in [0.25, 0.3) is 0 Å². The van der Waals surface area contributed by atoms with Crippen LogP contribution in [0.2, 0.25) is 0 Å². The molecule has 4 amide bonds. The third kappa shape index (κ3) is 21.3. The highest BCUT2D eigenvalue weighted by molar-refractivity contribution is 5.93. The lowest BCUT2D eigenvalue weighted by Gasteiger charge is -2.25. The summed E-state index contributed by atoms with van der Waals surface area (Å²) in [4.78, 5) is 89.7. The summed E-state index contributed by atoms with van der Waals surface area (Å²) >= 11 is 0. The van der Waals surface area contributed by atoms with E-state index in [0.717, 1.165) is 197 Å². The maximum Gasteiger partial charge on any atom is 0.228 e. The van der Waals surface area contributed by atoms with Crippen molar-refractivity contribution in [3.63, 3.8) is 0 Å². The van der Waals surface area contributed by atoms with E-state index < -0.39 is 0 Å². The van der Waals surface area contributed by atoms with Crippen molar-refractivity contribution in [1.82, 2.24) is 39.9 Å². The molecule has 9 aliphatic rings. The van der Waals surface area contributed by atoms with Crippen LogP contribution >= 0.6 is 0 Å². The molecule has 0 saturated heterocycles. The van der Waals surface area contributed by atoms with E-state index in [2.05, 4.69) is 77.6 Å². The van der Waals surface area contributed by atoms with Crippen molar-refractivity contribution < 1.29 is 19.2 Å². The first kappa shape index (κ1) is 82.8. The number of benzene rings is 4. The molecule has 9 aliphatic carbocycles. The van der Waals surface area contributed by atoms with E-state index in [-0.39, 0.29) is 29.5 Å². The topological polar surface area (TPSA) is 324 Å². The van der Waals surface area contributed by atoms with Crippen LogP contribution in [-0.4, -0.2) is 63.5 Å². The minimum Gasteiger partial charge on any atom is -0.399 e. The molecule has 20 nitrogen and oxygen atoms in total. The Bertz CT molecular complexity index is 4810. The van der Waals surface area contributed by atoms with Crippen molar-refractivity contribution in [2.75, 3.05) is 44.2 Å². The second kappa shape index (κ2) is 39.0. The number of nitrogens with two attached hydrogens (primary N) is 4. The molecule has 0 aliphatic heterocycles. The number of carbonyl (C=O) groups excluding carboxylic acids is 4. The predicted molar refractivity (Wildman–Crippen MR) is 469 cm³/mol. The summed E-state index contributed by atoms with van der Waals surface area (Å²) in [5.74, 6) is 6.17. The fraction of sp³-hybridized carbons (Fsp3) is 0.542. The van der Waals surface area contributed by atoms with Crippen LogP contribution in [-0.2, 0) is 96.2 Å². The van der Waals surface area contributed by atoms with Gasteiger partial charge in [-0.3, -0.25) is 19.2 Å². The molecule has 12 N–H and O–H groups in total. The zero-order chi connectivity index (χ0) is 80.8. The lowest BCUT2D eigenvalue weighted by Crippen LogP contribution is -2.24. The van der Waals surface area contributed by atoms with Gasteiger partial charge >= 0.3 is 0 Å². The number of anilines is 8. The molecule has 20 heteroatoms. The smallest absolute Gasteiger partial charge is 0.228 e. The average Bonchev–Trinajstić information content (AvgIpc) is 0.786. The van der Waals surface area contributed by atoms with E-state index in [4.69, 9.17) is 62.8 Å². The monoisotopic (exact) mass is 1570 g/mol. The molecule has 5 fully saturated rings. The summed E-state index contributed by atoms with van der Waals surface area (Å²) in [6.07, 6.45) is 44.3. The molecule has 1 atom stereocenters. The van der Waals surface area contributed by atoms with Gasteiger partial charge in [-0.05, 0) is 203 Å². The molecule has 0 bridgehead atoms. The van der Waals surface area contributed by atoms with Gasteiger partial charge in [0.1, 0.15) is 0 Å². The molecule has 4 aromatic carbocycles. The standard InChI is InChI=1S/C27H36N4O.2C24H32N4O.C21H26N4O/c28-21-12-13-22-20(17-21)11-14-23-26(22)29-24(15-18-7-3-1-4-8-18)27(30-23)31-25(32)16-19-9-5-2-6-10-19;1-15(2)12-22(29)28-24-21(13-16-6-4-3-5-7-16)26-23-19-10-9-18(25)14-17(19)8-11-20(23)27-24;1-3-15(2)24(29)28-23-21(13-16-7-5-4-6-8-16)26-22-19-11-10-18(25)14-17(19)9-12-20(22)27-23;1-13(26)23-21-19(11-14-5-3-2-4-6-14)24-20-17-9-8-16(22)12-15(17)7-10-18(20)25-21/h12-13,17-19H,1-11,14-16,28H2,(H,30,31,32);9-10,14-16H,3-8,11-13,25H2,1-2H3,(H,27,28,29);10-11,14-16H,3-9,12-13,25H2,1-2H3,(H,27,28,29);8-9,12,14H,2-7,10-11,22H2,1H3,(H,23,25,26). The third-order valence-corrected chi connectivity index (χ3v) is 26.0. The quantitative estimate of drug-likeness (QED) is 0.0370. The van der Waals surface area contributed by atoms with Gasteiger partial charge in [0.2, 0.25) is 23.6 Å². The van der Waals surface area contributed by atoms with Gasteiger partial charge in [0, 0.05) is 70.7 Å². The zero-order valence-electron chi connectivity index (χ0n) is 69.8. The number of fused-ring (bicyclic) bond motifs is 12. The highest BCUT2D eigenvalue weighted by Gasteiger charge is 2.32. The Labute approximate surface area is 687 Å². The van der Waals surface area contributed by atoms with Gasteiger partial charge in [-0.25, -0.2) is 39.9 Å². The van der Waals surface area contributed by atoms with Crippen LogP contribution in [0.3, 0.4) is 0 Å². The van der Waals surface area contributed by atoms with Gasteiger partial charge in [-0.2, -0.15) is 0 Å². The molecular weight excluding hydrogens is 1440 g/mol. The van der Waals surface area contributed by atoms with Gasteiger partial charge in [-0.1, -0.05) is 200 Å². The van der Waals surface area contributed by atoms with E-state index >= 15 is 0 Å². The summed E-state index contributed by atoms with van der Waals surface area (Å²) in [6, 6.07) is 24.3. The first-order valence-electron chi connectivity index (χ1n) is 44.6. The Morgan fingerprint density at radius 1 is 0.353 bits per heavy atom. The summed E-state index contributed by atoms with van der Waals surface area (Å²) in [5.41, 5.74) is 48.3. The van der Waals surface area contributed by atoms with Crippen LogP contribution in [0.1, 0.15) is 282 Å². The number of hydrogen-bond donors (Lipinski definition) is 8. The van der Waals surface area contributed by atoms with Crippen LogP contribution < -0.4 is 44.2 Å². The van der Waals surface area contributed by atoms with Gasteiger partial charge in [0.05, 0.1) is 68.3 Å². The van der Waals surface area contributed by atoms with E-state index in [1.807, 2.05) is 44.2 Å². The highest BCUT2D eigenvalue weighted by Crippen LogP contribution is 2.42. The van der Waals surface area contributed by atoms with E-state index in [9.17, 15) is 19.2 Å². The SMILES string of the molecule is CC(=O)Nc1nc2c(nc1CC1CCCCC1)-c1ccc(N)cc1CC2.CC(C)CC(=O)Nc1nc2c(nc1CC1CCCCC1)-c1ccc(N)cc1CC2.CCC(C)C(=O)Nc1nc2c(nc1CC1CCCCC1)-c1ccc(N)cc1CC2.Nc1ccc2c(c1)CCc1nc(NC(=O)CC3CCCCC3)c(CC3CCCCC3)nc1-2. The normalized spacial score (nSPS) is 17.5. The Balaban J connectivity index is 0.000000128. The second-order valence-electron chi connectivity index (χ2n) is 35.6. The highest BCUT2D eigenvalue weighted by atomic mass is 16.2. The molecule has 17 rings (SSSR count). The molecule has 0 radical (unpaired) electrons. The zero-order valence-corrected chi connectivity index (χ0v) is 69.8. The number of nitrogen functional groups attached to an aromatic ring is 4. The summed E-state index contributed by atoms with van der Waals surface area (Å²) < 4.78 is 0. The largest absolute Gasteiger partial charge is 0.399 e. The van der Waals surface area contributed by atoms with Crippen molar-refractivity contribution in [3.8, 4) is 45.0 Å². The van der Waals surface area contributed by atoms with Crippen LogP contribution in [0.4, 0.5) is 46.0 Å². The Morgan fingerprint density at radius 2 is 0.629 bits per heavy atom. The van der Waals surface area contributed by atoms with Gasteiger partial charge in [0.15, 0.2) is 23.3 Å². The van der Waals surface area contributed by atoms with Gasteiger partial charge in [-0.15, -0.1) is 0 Å². The predicted octanol–water partition coefficient (Wildman–Crippen LogP) is 19.6. The number of hydrogen-bond acceptors (Lipinski definition) is 16. The number of aromatic nitrogens is 8. The molecule has 614 valence electrons. The lowest BCUT2D eigenvalue weighted by molar-refractivity contribution is -0.119. The summed E-state index contributed by atoms with van der Waals surface area (Å²) in [7, 11) is 0. The Morgan fingerprint density at radius 3 is 0.914 bits per heavy atom. The fourth-order valence-electron chi connectivity index (χ4n) is 19.4. The number of amides is 4. The molecule has 1 unspecified atom stereocenters. The van der Waals surface area contributed by atoms with Crippen molar-refractivity contribution in [3.05, 3.63) is 141 Å². The number of nitrogens with one attached hydrogen (secondary N) is 4. The molecule has 4 heterocycles. The van der Waals surface area contributed by atoms with Crippen LogP contribution in [0.15, 0.2) is 72.8 Å². The second-order valence-corrected chi connectivity index (χ2v) is 35.6. The number of rotatable bonds is 18. The van der Waals surface area contributed by atoms with E-state index in [0.29, 0.717) is 71.6 Å². The van der Waals surface area contributed by atoms with Crippen LogP contribution in [0, 0.1) is 41.4 Å². The van der Waals surface area contributed by atoms with Crippen LogP contribution in [0.5, 0.6) is 0 Å². The minimum absolute atomic E-state index is 0.0286. The van der Waals surface area contributed by atoms with Gasteiger partial charge < -0.3 is 44.2 Å². The van der Waals surface area contributed by atoms with Crippen molar-refractivity contribution in [2.45, 2.75) is 291 Å². The average molecular weight is 1570 g/mol. The van der Waals surface area contributed by atoms with Crippen molar-refractivity contribution in [1.29, 1.82) is 0 Å². The first-order chi connectivity index (χ1) is 56.3. The molecular formula is C96H126N16O4. The van der Waals surface area contributed by atoms with Crippen molar-refractivity contribution in [2.24, 2.45) is 41.4 Å². The molecule has 8 aromatic rings. The van der Waals surface area contributed by atoms with Crippen molar-refractivity contribution >= 4 is 69.6 Å².